The van der Waals surface area contributed by atoms with Crippen molar-refractivity contribution in [3.8, 4) is 6.07 Å². The van der Waals surface area contributed by atoms with E-state index in [1.54, 1.807) is 0 Å². The second-order valence-corrected chi connectivity index (χ2v) is 2.90. The third kappa shape index (κ3) is 4.90. The SMILES string of the molecule is C[C@H](NC(=O)CC(C#N)C(F)F)C(=O)O. The molecule has 0 saturated heterocycles. The van der Waals surface area contributed by atoms with E-state index < -0.39 is 36.7 Å². The Morgan fingerprint density at radius 2 is 2.07 bits per heavy atom. The summed E-state index contributed by atoms with van der Waals surface area (Å²) in [6.07, 6.45) is -3.62. The molecule has 0 aliphatic carbocycles. The molecule has 0 aliphatic rings. The van der Waals surface area contributed by atoms with Gasteiger partial charge in [0.15, 0.2) is 0 Å². The zero-order valence-electron chi connectivity index (χ0n) is 7.91. The van der Waals surface area contributed by atoms with Gasteiger partial charge >= 0.3 is 5.97 Å². The van der Waals surface area contributed by atoms with Crippen LogP contribution in [-0.2, 0) is 9.59 Å². The lowest BCUT2D eigenvalue weighted by atomic mass is 10.1. The number of carboxylic acids is 1. The number of hydrogen-bond donors (Lipinski definition) is 2. The fraction of sp³-hybridized carbons (Fsp3) is 0.625. The number of nitrogens with zero attached hydrogens (tertiary/aromatic N) is 1. The van der Waals surface area contributed by atoms with Crippen LogP contribution in [0.1, 0.15) is 13.3 Å². The molecule has 0 aromatic heterocycles. The maximum absolute atomic E-state index is 12.0. The molecule has 0 saturated carbocycles. The molecule has 1 unspecified atom stereocenters. The number of carboxylic acid groups (broad SMARTS) is 1. The summed E-state index contributed by atoms with van der Waals surface area (Å²) in [4.78, 5) is 21.3. The molecule has 84 valence electrons. The van der Waals surface area contributed by atoms with Gasteiger partial charge in [0.2, 0.25) is 5.91 Å². The summed E-state index contributed by atoms with van der Waals surface area (Å²) in [7, 11) is 0. The normalized spacial score (nSPS) is 14.1. The first-order valence-electron chi connectivity index (χ1n) is 4.08. The first-order valence-corrected chi connectivity index (χ1v) is 4.08. The van der Waals surface area contributed by atoms with Crippen LogP contribution in [0.25, 0.3) is 0 Å². The van der Waals surface area contributed by atoms with Gasteiger partial charge in [0.1, 0.15) is 12.0 Å². The third-order valence-electron chi connectivity index (χ3n) is 1.62. The molecule has 0 aliphatic heterocycles. The standard InChI is InChI=1S/C8H10F2N2O3/c1-4(8(14)15)12-6(13)2-5(3-11)7(9)10/h4-5,7H,2H2,1H3,(H,12,13)(H,14,15)/t4-,5?/m0/s1. The minimum absolute atomic E-state index is 0.703. The summed E-state index contributed by atoms with van der Waals surface area (Å²) < 4.78 is 24.1. The number of halogens is 2. The van der Waals surface area contributed by atoms with Gasteiger partial charge in [0, 0.05) is 6.42 Å². The van der Waals surface area contributed by atoms with E-state index >= 15 is 0 Å². The number of nitrogens with one attached hydrogen (secondary N) is 1. The highest BCUT2D eigenvalue weighted by atomic mass is 19.3. The van der Waals surface area contributed by atoms with E-state index in [0.29, 0.717) is 0 Å². The molecule has 0 spiro atoms. The van der Waals surface area contributed by atoms with Crippen molar-refractivity contribution >= 4 is 11.9 Å². The molecule has 15 heavy (non-hydrogen) atoms. The molecule has 0 rings (SSSR count). The summed E-state index contributed by atoms with van der Waals surface area (Å²) in [5, 5.41) is 18.6. The van der Waals surface area contributed by atoms with Crippen molar-refractivity contribution in [2.24, 2.45) is 5.92 Å². The largest absolute Gasteiger partial charge is 0.480 e. The van der Waals surface area contributed by atoms with Gasteiger partial charge in [-0.2, -0.15) is 5.26 Å². The van der Waals surface area contributed by atoms with Gasteiger partial charge in [-0.25, -0.2) is 8.78 Å². The van der Waals surface area contributed by atoms with E-state index in [9.17, 15) is 18.4 Å². The van der Waals surface area contributed by atoms with Crippen molar-refractivity contribution in [3.05, 3.63) is 0 Å². The molecule has 0 radical (unpaired) electrons. The highest BCUT2D eigenvalue weighted by Gasteiger charge is 2.24. The molecule has 0 fully saturated rings. The molecule has 7 heteroatoms. The van der Waals surface area contributed by atoms with Crippen molar-refractivity contribution in [3.63, 3.8) is 0 Å². The maximum atomic E-state index is 12.0. The zero-order valence-corrected chi connectivity index (χ0v) is 7.91. The Kier molecular flexibility index (Phi) is 5.23. The molecular weight excluding hydrogens is 210 g/mol. The Balaban J connectivity index is 4.15. The summed E-state index contributed by atoms with van der Waals surface area (Å²) in [6, 6.07) is 0.119. The Hall–Kier alpha value is -1.71. The number of aliphatic carboxylic acids is 1. The van der Waals surface area contributed by atoms with Crippen molar-refractivity contribution in [2.75, 3.05) is 0 Å². The summed E-state index contributed by atoms with van der Waals surface area (Å²) in [5.74, 6) is -3.85. The second kappa shape index (κ2) is 5.90. The predicted molar refractivity (Wildman–Crippen MR) is 45.0 cm³/mol. The molecule has 0 bridgehead atoms. The van der Waals surface area contributed by atoms with Crippen LogP contribution in [-0.4, -0.2) is 29.5 Å². The topological polar surface area (TPSA) is 90.2 Å². The Labute approximate surface area is 84.7 Å². The molecular formula is C8H10F2N2O3. The highest BCUT2D eigenvalue weighted by molar-refractivity contribution is 5.83. The number of alkyl halides is 2. The van der Waals surface area contributed by atoms with Crippen molar-refractivity contribution in [1.29, 1.82) is 5.26 Å². The average Bonchev–Trinajstić information content (AvgIpc) is 2.13. The van der Waals surface area contributed by atoms with E-state index in [-0.39, 0.29) is 0 Å². The summed E-state index contributed by atoms with van der Waals surface area (Å²) in [6.45, 7) is 1.20. The molecule has 2 atom stereocenters. The average molecular weight is 220 g/mol. The van der Waals surface area contributed by atoms with Crippen LogP contribution in [0.15, 0.2) is 0 Å². The minimum atomic E-state index is -2.92. The lowest BCUT2D eigenvalue weighted by molar-refractivity contribution is -0.141. The predicted octanol–water partition coefficient (Wildman–Crippen LogP) is 0.371. The Morgan fingerprint density at radius 3 is 2.40 bits per heavy atom. The van der Waals surface area contributed by atoms with Gasteiger partial charge in [0.05, 0.1) is 6.07 Å². The molecule has 0 aromatic rings. The molecule has 5 nitrogen and oxygen atoms in total. The quantitative estimate of drug-likeness (QED) is 0.700. The molecule has 0 heterocycles. The lowest BCUT2D eigenvalue weighted by Crippen LogP contribution is -2.39. The van der Waals surface area contributed by atoms with Crippen molar-refractivity contribution in [2.45, 2.75) is 25.8 Å². The lowest BCUT2D eigenvalue weighted by Gasteiger charge is -2.11. The van der Waals surface area contributed by atoms with E-state index in [2.05, 4.69) is 0 Å². The number of amides is 1. The second-order valence-electron chi connectivity index (χ2n) is 2.90. The first kappa shape index (κ1) is 13.3. The van der Waals surface area contributed by atoms with Crippen LogP contribution in [0.3, 0.4) is 0 Å². The first-order chi connectivity index (χ1) is 6.88. The summed E-state index contributed by atoms with van der Waals surface area (Å²) in [5.41, 5.74) is 0. The number of hydrogen-bond acceptors (Lipinski definition) is 3. The van der Waals surface area contributed by atoms with E-state index in [0.717, 1.165) is 0 Å². The number of carbonyl (C=O) groups is 2. The van der Waals surface area contributed by atoms with Crippen LogP contribution >= 0.6 is 0 Å². The third-order valence-corrected chi connectivity index (χ3v) is 1.62. The Morgan fingerprint density at radius 1 is 1.53 bits per heavy atom. The van der Waals surface area contributed by atoms with Gasteiger partial charge in [-0.15, -0.1) is 0 Å². The van der Waals surface area contributed by atoms with Crippen molar-refractivity contribution < 1.29 is 23.5 Å². The fourth-order valence-corrected chi connectivity index (χ4v) is 0.753. The minimum Gasteiger partial charge on any atom is -0.480 e. The van der Waals surface area contributed by atoms with Crippen LogP contribution in [0.4, 0.5) is 8.78 Å². The van der Waals surface area contributed by atoms with Crippen LogP contribution in [0.2, 0.25) is 0 Å². The van der Waals surface area contributed by atoms with Crippen LogP contribution < -0.4 is 5.32 Å². The van der Waals surface area contributed by atoms with E-state index in [4.69, 9.17) is 10.4 Å². The number of nitriles is 1. The molecule has 1 amide bonds. The monoisotopic (exact) mass is 220 g/mol. The van der Waals surface area contributed by atoms with Gasteiger partial charge in [0.25, 0.3) is 6.43 Å². The van der Waals surface area contributed by atoms with Crippen LogP contribution in [0, 0.1) is 17.2 Å². The zero-order chi connectivity index (χ0) is 12.0. The Bertz CT molecular complexity index is 288. The van der Waals surface area contributed by atoms with E-state index in [1.807, 2.05) is 5.32 Å². The molecule has 0 aromatic carbocycles. The van der Waals surface area contributed by atoms with Crippen LogP contribution in [0.5, 0.6) is 0 Å². The van der Waals surface area contributed by atoms with Crippen molar-refractivity contribution in [1.82, 2.24) is 5.32 Å². The van der Waals surface area contributed by atoms with E-state index in [1.165, 1.54) is 13.0 Å². The fourth-order valence-electron chi connectivity index (χ4n) is 0.753. The number of carbonyl (C=O) groups excluding carboxylic acids is 1. The smallest absolute Gasteiger partial charge is 0.325 e. The van der Waals surface area contributed by atoms with Gasteiger partial charge < -0.3 is 10.4 Å². The summed E-state index contributed by atoms with van der Waals surface area (Å²) >= 11 is 0. The number of rotatable bonds is 5. The van der Waals surface area contributed by atoms with Gasteiger partial charge in [-0.1, -0.05) is 0 Å². The highest BCUT2D eigenvalue weighted by Crippen LogP contribution is 2.12. The van der Waals surface area contributed by atoms with Gasteiger partial charge in [-0.05, 0) is 6.92 Å². The van der Waals surface area contributed by atoms with Gasteiger partial charge in [-0.3, -0.25) is 9.59 Å². The molecule has 2 N–H and O–H groups in total. The maximum Gasteiger partial charge on any atom is 0.325 e.